The van der Waals surface area contributed by atoms with Crippen molar-refractivity contribution >= 4 is 9.52 Å². The molecule has 3 atom stereocenters. The van der Waals surface area contributed by atoms with Gasteiger partial charge in [-0.3, -0.25) is 0 Å². The maximum atomic E-state index is 5.85. The van der Waals surface area contributed by atoms with Gasteiger partial charge in [0.05, 0.1) is 12.2 Å². The van der Waals surface area contributed by atoms with Crippen LogP contribution < -0.4 is 0 Å². The van der Waals surface area contributed by atoms with Crippen LogP contribution in [0.25, 0.3) is 0 Å². The second-order valence-corrected chi connectivity index (χ2v) is 8.60. The summed E-state index contributed by atoms with van der Waals surface area (Å²) < 4.78 is 5.85. The highest BCUT2D eigenvalue weighted by Gasteiger charge is 2.45. The van der Waals surface area contributed by atoms with Gasteiger partial charge in [-0.2, -0.15) is 0 Å². The predicted molar refractivity (Wildman–Crippen MR) is 66.3 cm³/mol. The van der Waals surface area contributed by atoms with Gasteiger partial charge in [0, 0.05) is 9.52 Å². The van der Waals surface area contributed by atoms with Gasteiger partial charge >= 0.3 is 0 Å². The van der Waals surface area contributed by atoms with Crippen molar-refractivity contribution in [2.75, 3.05) is 0 Å². The van der Waals surface area contributed by atoms with Crippen LogP contribution in [0.3, 0.4) is 0 Å². The van der Waals surface area contributed by atoms with E-state index < -0.39 is 0 Å². The summed E-state index contributed by atoms with van der Waals surface area (Å²) >= 11 is 0. The summed E-state index contributed by atoms with van der Waals surface area (Å²) in [4.78, 5) is 0. The Morgan fingerprint density at radius 3 is 2.40 bits per heavy atom. The van der Waals surface area contributed by atoms with Gasteiger partial charge in [0.2, 0.25) is 0 Å². The van der Waals surface area contributed by atoms with Crippen LogP contribution in [-0.4, -0.2) is 21.7 Å². The Hall–Kier alpha value is 0.177. The van der Waals surface area contributed by atoms with Crippen molar-refractivity contribution < 1.29 is 4.74 Å². The molecular weight excluding hydrogens is 200 g/mol. The SMILES string of the molecule is C1CCC([SiH2]C2CCCCC3OC32)CC1. The Labute approximate surface area is 95.8 Å². The highest BCUT2D eigenvalue weighted by molar-refractivity contribution is 6.40. The van der Waals surface area contributed by atoms with Crippen LogP contribution in [0.4, 0.5) is 0 Å². The molecule has 0 amide bonds. The fourth-order valence-electron chi connectivity index (χ4n) is 3.82. The highest BCUT2D eigenvalue weighted by Crippen LogP contribution is 2.44. The van der Waals surface area contributed by atoms with E-state index in [4.69, 9.17) is 4.74 Å². The van der Waals surface area contributed by atoms with E-state index in [2.05, 4.69) is 0 Å². The minimum absolute atomic E-state index is 0.167. The molecule has 15 heavy (non-hydrogen) atoms. The number of hydrogen-bond donors (Lipinski definition) is 0. The second-order valence-electron chi connectivity index (χ2n) is 5.92. The van der Waals surface area contributed by atoms with E-state index >= 15 is 0 Å². The standard InChI is InChI=1S/C13H24OSi/c1-2-6-10(7-3-1)15-12-9-5-4-8-11-13(12)14-11/h10-13H,1-9,15H2. The van der Waals surface area contributed by atoms with Crippen molar-refractivity contribution in [2.24, 2.45) is 0 Å². The van der Waals surface area contributed by atoms with Gasteiger partial charge in [-0.15, -0.1) is 0 Å². The smallest absolute Gasteiger partial charge is 0.0841 e. The molecule has 0 aromatic rings. The van der Waals surface area contributed by atoms with E-state index in [1.807, 2.05) is 0 Å². The molecule has 2 heteroatoms. The van der Waals surface area contributed by atoms with Crippen LogP contribution in [0.15, 0.2) is 0 Å². The highest BCUT2D eigenvalue weighted by atomic mass is 28.2. The molecule has 3 fully saturated rings. The van der Waals surface area contributed by atoms with Crippen molar-refractivity contribution in [1.29, 1.82) is 0 Å². The van der Waals surface area contributed by atoms with Gasteiger partial charge in [-0.25, -0.2) is 0 Å². The van der Waals surface area contributed by atoms with Crippen LogP contribution in [0.2, 0.25) is 11.1 Å². The van der Waals surface area contributed by atoms with E-state index in [-0.39, 0.29) is 9.52 Å². The number of ether oxygens (including phenoxy) is 1. The zero-order valence-electron chi connectivity index (χ0n) is 9.79. The number of rotatable bonds is 2. The average molecular weight is 224 g/mol. The Morgan fingerprint density at radius 2 is 1.53 bits per heavy atom. The van der Waals surface area contributed by atoms with E-state index in [0.29, 0.717) is 6.10 Å². The van der Waals surface area contributed by atoms with Crippen LogP contribution in [-0.2, 0) is 4.74 Å². The largest absolute Gasteiger partial charge is 0.370 e. The molecular formula is C13H24OSi. The van der Waals surface area contributed by atoms with E-state index in [0.717, 1.165) is 11.6 Å². The predicted octanol–water partition coefficient (Wildman–Crippen LogP) is 3.04. The van der Waals surface area contributed by atoms with Crippen molar-refractivity contribution in [2.45, 2.75) is 81.1 Å². The molecule has 3 unspecified atom stereocenters. The lowest BCUT2D eigenvalue weighted by Gasteiger charge is -2.24. The third-order valence-corrected chi connectivity index (χ3v) is 7.72. The molecule has 2 aliphatic carbocycles. The first-order chi connectivity index (χ1) is 7.43. The third kappa shape index (κ3) is 2.47. The normalized spacial score (nSPS) is 42.8. The first kappa shape index (κ1) is 10.3. The van der Waals surface area contributed by atoms with Gasteiger partial charge in [0.25, 0.3) is 0 Å². The second kappa shape index (κ2) is 4.58. The number of fused-ring (bicyclic) bond motifs is 1. The van der Waals surface area contributed by atoms with Crippen LogP contribution >= 0.6 is 0 Å². The van der Waals surface area contributed by atoms with Crippen molar-refractivity contribution in [1.82, 2.24) is 0 Å². The van der Waals surface area contributed by atoms with Crippen molar-refractivity contribution in [3.05, 3.63) is 0 Å². The molecule has 0 aromatic heterocycles. The van der Waals surface area contributed by atoms with Crippen molar-refractivity contribution in [3.63, 3.8) is 0 Å². The summed E-state index contributed by atoms with van der Waals surface area (Å²) in [5, 5.41) is 0. The maximum Gasteiger partial charge on any atom is 0.0841 e. The van der Waals surface area contributed by atoms with Gasteiger partial charge in [-0.1, -0.05) is 56.9 Å². The molecule has 2 saturated carbocycles. The first-order valence-electron chi connectivity index (χ1n) is 7.09. The zero-order chi connectivity index (χ0) is 10.1. The summed E-state index contributed by atoms with van der Waals surface area (Å²) in [7, 11) is 0.167. The van der Waals surface area contributed by atoms with Crippen LogP contribution in [0.5, 0.6) is 0 Å². The summed E-state index contributed by atoms with van der Waals surface area (Å²) in [6.07, 6.45) is 15.0. The minimum atomic E-state index is 0.167. The fourth-order valence-corrected chi connectivity index (χ4v) is 6.94. The molecule has 0 N–H and O–H groups in total. The summed E-state index contributed by atoms with van der Waals surface area (Å²) in [6.45, 7) is 0. The molecule has 0 radical (unpaired) electrons. The maximum absolute atomic E-state index is 5.85. The lowest BCUT2D eigenvalue weighted by atomic mass is 10.0. The molecule has 1 saturated heterocycles. The van der Waals surface area contributed by atoms with Crippen LogP contribution in [0, 0.1) is 0 Å². The van der Waals surface area contributed by atoms with E-state index in [1.165, 1.54) is 50.5 Å². The van der Waals surface area contributed by atoms with Gasteiger partial charge < -0.3 is 4.74 Å². The molecule has 3 aliphatic rings. The van der Waals surface area contributed by atoms with E-state index in [9.17, 15) is 0 Å². The van der Waals surface area contributed by atoms with Gasteiger partial charge in [-0.05, 0) is 12.0 Å². The van der Waals surface area contributed by atoms with Gasteiger partial charge in [0.1, 0.15) is 0 Å². The minimum Gasteiger partial charge on any atom is -0.370 e. The summed E-state index contributed by atoms with van der Waals surface area (Å²) in [5.74, 6) is 0. The molecule has 1 nitrogen and oxygen atoms in total. The quantitative estimate of drug-likeness (QED) is 0.519. The first-order valence-corrected chi connectivity index (χ1v) is 8.72. The summed E-state index contributed by atoms with van der Waals surface area (Å²) in [5.41, 5.74) is 2.26. The molecule has 86 valence electrons. The Bertz CT molecular complexity index is 213. The summed E-state index contributed by atoms with van der Waals surface area (Å²) in [6, 6.07) is 0. The zero-order valence-corrected chi connectivity index (χ0v) is 11.2. The number of hydrogen-bond acceptors (Lipinski definition) is 1. The van der Waals surface area contributed by atoms with Crippen LogP contribution in [0.1, 0.15) is 57.8 Å². The molecule has 1 aliphatic heterocycles. The van der Waals surface area contributed by atoms with Crippen molar-refractivity contribution in [3.8, 4) is 0 Å². The lowest BCUT2D eigenvalue weighted by Crippen LogP contribution is -2.18. The molecule has 1 heterocycles. The van der Waals surface area contributed by atoms with E-state index in [1.54, 1.807) is 12.8 Å². The van der Waals surface area contributed by atoms with Gasteiger partial charge in [0.15, 0.2) is 0 Å². The fraction of sp³-hybridized carbons (Fsp3) is 1.00. The molecule has 0 spiro atoms. The molecule has 3 rings (SSSR count). The Balaban J connectivity index is 1.52. The lowest BCUT2D eigenvalue weighted by molar-refractivity contribution is 0.333. The average Bonchev–Trinajstić information content (AvgIpc) is 3.02. The monoisotopic (exact) mass is 224 g/mol. The Kier molecular flexibility index (Phi) is 3.16. The number of epoxide rings is 1. The Morgan fingerprint density at radius 1 is 0.800 bits per heavy atom. The molecule has 0 bridgehead atoms. The molecule has 0 aromatic carbocycles. The topological polar surface area (TPSA) is 12.5 Å². The third-order valence-electron chi connectivity index (χ3n) is 4.76.